The predicted molar refractivity (Wildman–Crippen MR) is 115 cm³/mol. The largest absolute Gasteiger partial charge is 0.378 e. The maximum Gasteiger partial charge on any atom is 0.253 e. The minimum Gasteiger partial charge on any atom is -0.378 e. The van der Waals surface area contributed by atoms with Gasteiger partial charge in [0.15, 0.2) is 6.10 Å². The number of aromatic nitrogens is 2. The van der Waals surface area contributed by atoms with E-state index in [-0.39, 0.29) is 18.0 Å². The number of carbonyl (C=O) groups excluding carboxylic acids is 1. The number of hydrogen-bond acceptors (Lipinski definition) is 6. The van der Waals surface area contributed by atoms with Crippen LogP contribution < -0.4 is 15.5 Å². The highest BCUT2D eigenvalue weighted by Gasteiger charge is 2.26. The first-order valence-corrected chi connectivity index (χ1v) is 10.2. The molecule has 0 bridgehead atoms. The zero-order valence-electron chi connectivity index (χ0n) is 17.0. The van der Waals surface area contributed by atoms with Crippen molar-refractivity contribution < 1.29 is 9.90 Å². The van der Waals surface area contributed by atoms with Crippen LogP contribution in [0.5, 0.6) is 0 Å². The summed E-state index contributed by atoms with van der Waals surface area (Å²) in [5, 5.41) is 17.1. The van der Waals surface area contributed by atoms with Crippen molar-refractivity contribution in [2.24, 2.45) is 0 Å². The third kappa shape index (κ3) is 5.58. The summed E-state index contributed by atoms with van der Waals surface area (Å²) in [6.07, 6.45) is 4.07. The van der Waals surface area contributed by atoms with Crippen molar-refractivity contribution in [2.75, 3.05) is 24.3 Å². The Bertz CT molecular complexity index is 853. The summed E-state index contributed by atoms with van der Waals surface area (Å²) in [5.41, 5.74) is 1.53. The third-order valence-corrected chi connectivity index (χ3v) is 5.42. The number of anilines is 2. The zero-order valence-corrected chi connectivity index (χ0v) is 17.8. The Balaban J connectivity index is 1.50. The number of nitrogens with zero attached hydrogens (tertiary/aromatic N) is 3. The highest BCUT2D eigenvalue weighted by atomic mass is 35.5. The molecule has 1 atom stereocenters. The number of halogens is 1. The van der Waals surface area contributed by atoms with E-state index < -0.39 is 6.10 Å². The number of benzene rings is 1. The molecule has 1 fully saturated rings. The van der Waals surface area contributed by atoms with Gasteiger partial charge in [0, 0.05) is 43.0 Å². The minimum atomic E-state index is -1.21. The molecule has 1 aliphatic carbocycles. The summed E-state index contributed by atoms with van der Waals surface area (Å²) in [7, 11) is 3.93. The van der Waals surface area contributed by atoms with E-state index in [2.05, 4.69) is 20.6 Å². The molecule has 2 aromatic rings. The maximum atomic E-state index is 12.4. The molecule has 1 aromatic heterocycles. The number of aliphatic hydroxyl groups excluding tert-OH is 1. The summed E-state index contributed by atoms with van der Waals surface area (Å²) in [6.45, 7) is 1.99. The van der Waals surface area contributed by atoms with E-state index in [9.17, 15) is 9.90 Å². The van der Waals surface area contributed by atoms with Crippen LogP contribution in [0, 0.1) is 6.92 Å². The molecule has 7 nitrogen and oxygen atoms in total. The SMILES string of the molecule is Cc1cnc(NC2CCC(NC(=O)C(O)c3cccc(Cl)c3)CC2)nc1N(C)C. The smallest absolute Gasteiger partial charge is 0.253 e. The third-order valence-electron chi connectivity index (χ3n) is 5.19. The maximum absolute atomic E-state index is 12.4. The zero-order chi connectivity index (χ0) is 21.0. The van der Waals surface area contributed by atoms with E-state index in [0.717, 1.165) is 37.1 Å². The van der Waals surface area contributed by atoms with Crippen LogP contribution in [0.4, 0.5) is 11.8 Å². The Morgan fingerprint density at radius 1 is 1.24 bits per heavy atom. The van der Waals surface area contributed by atoms with Crippen molar-refractivity contribution in [3.8, 4) is 0 Å². The fraction of sp³-hybridized carbons (Fsp3) is 0.476. The minimum absolute atomic E-state index is 0.0469. The van der Waals surface area contributed by atoms with E-state index in [0.29, 0.717) is 16.5 Å². The number of carbonyl (C=O) groups is 1. The van der Waals surface area contributed by atoms with Crippen LogP contribution in [-0.2, 0) is 4.79 Å². The Labute approximate surface area is 176 Å². The van der Waals surface area contributed by atoms with Gasteiger partial charge in [0.05, 0.1) is 0 Å². The second-order valence-electron chi connectivity index (χ2n) is 7.75. The first-order valence-electron chi connectivity index (χ1n) is 9.85. The molecule has 1 saturated carbocycles. The van der Waals surface area contributed by atoms with E-state index in [4.69, 9.17) is 11.6 Å². The molecular weight excluding hydrogens is 390 g/mol. The van der Waals surface area contributed by atoms with Crippen LogP contribution in [0.1, 0.15) is 42.9 Å². The fourth-order valence-electron chi connectivity index (χ4n) is 3.63. The molecule has 3 rings (SSSR count). The molecule has 1 unspecified atom stereocenters. The van der Waals surface area contributed by atoms with Gasteiger partial charge in [0.2, 0.25) is 5.95 Å². The van der Waals surface area contributed by atoms with Crippen LogP contribution >= 0.6 is 11.6 Å². The highest BCUT2D eigenvalue weighted by Crippen LogP contribution is 2.24. The number of rotatable bonds is 6. The quantitative estimate of drug-likeness (QED) is 0.669. The summed E-state index contributed by atoms with van der Waals surface area (Å²) in [4.78, 5) is 23.3. The average molecular weight is 418 g/mol. The van der Waals surface area contributed by atoms with Crippen molar-refractivity contribution in [3.63, 3.8) is 0 Å². The molecule has 0 radical (unpaired) electrons. The molecule has 29 heavy (non-hydrogen) atoms. The molecular formula is C21H28ClN5O2. The van der Waals surface area contributed by atoms with Crippen molar-refractivity contribution in [1.82, 2.24) is 15.3 Å². The van der Waals surface area contributed by atoms with Gasteiger partial charge in [-0.2, -0.15) is 4.98 Å². The van der Waals surface area contributed by atoms with Gasteiger partial charge in [-0.1, -0.05) is 23.7 Å². The number of nitrogens with one attached hydrogen (secondary N) is 2. The lowest BCUT2D eigenvalue weighted by molar-refractivity contribution is -0.130. The Morgan fingerprint density at radius 2 is 1.93 bits per heavy atom. The molecule has 1 heterocycles. The normalized spacial score (nSPS) is 20.0. The van der Waals surface area contributed by atoms with Gasteiger partial charge in [-0.05, 0) is 50.3 Å². The monoisotopic (exact) mass is 417 g/mol. The van der Waals surface area contributed by atoms with Gasteiger partial charge in [0.25, 0.3) is 5.91 Å². The van der Waals surface area contributed by atoms with Crippen LogP contribution in [0.25, 0.3) is 0 Å². The van der Waals surface area contributed by atoms with E-state index in [1.807, 2.05) is 32.1 Å². The van der Waals surface area contributed by atoms with Gasteiger partial charge in [-0.15, -0.1) is 0 Å². The van der Waals surface area contributed by atoms with Crippen molar-refractivity contribution in [1.29, 1.82) is 0 Å². The molecule has 0 aliphatic heterocycles. The van der Waals surface area contributed by atoms with Gasteiger partial charge < -0.3 is 20.6 Å². The standard InChI is InChI=1S/C21H28ClN5O2/c1-13-12-23-21(26-19(13)27(2)3)25-17-9-7-16(8-10-17)24-20(29)18(28)14-5-4-6-15(22)11-14/h4-6,11-12,16-18,28H,7-10H2,1-3H3,(H,24,29)(H,23,25,26). The van der Waals surface area contributed by atoms with E-state index >= 15 is 0 Å². The molecule has 1 aromatic carbocycles. The summed E-state index contributed by atoms with van der Waals surface area (Å²) in [5.74, 6) is 1.14. The lowest BCUT2D eigenvalue weighted by Gasteiger charge is -2.30. The molecule has 0 saturated heterocycles. The molecule has 1 amide bonds. The number of aliphatic hydroxyl groups is 1. The van der Waals surface area contributed by atoms with Crippen LogP contribution in [0.2, 0.25) is 5.02 Å². The fourth-order valence-corrected chi connectivity index (χ4v) is 3.83. The predicted octanol–water partition coefficient (Wildman–Crippen LogP) is 3.08. The van der Waals surface area contributed by atoms with Crippen LogP contribution in [0.15, 0.2) is 30.5 Å². The van der Waals surface area contributed by atoms with Gasteiger partial charge in [-0.3, -0.25) is 4.79 Å². The molecule has 8 heteroatoms. The second-order valence-corrected chi connectivity index (χ2v) is 8.19. The Morgan fingerprint density at radius 3 is 2.59 bits per heavy atom. The molecule has 3 N–H and O–H groups in total. The number of amides is 1. The summed E-state index contributed by atoms with van der Waals surface area (Å²) >= 11 is 5.94. The number of aryl methyl sites for hydroxylation is 1. The van der Waals surface area contributed by atoms with Crippen LogP contribution in [-0.4, -0.2) is 47.2 Å². The van der Waals surface area contributed by atoms with E-state index in [1.54, 1.807) is 24.3 Å². The van der Waals surface area contributed by atoms with Crippen LogP contribution in [0.3, 0.4) is 0 Å². The second kappa shape index (κ2) is 9.41. The van der Waals surface area contributed by atoms with Gasteiger partial charge in [0.1, 0.15) is 5.82 Å². The highest BCUT2D eigenvalue weighted by molar-refractivity contribution is 6.30. The van der Waals surface area contributed by atoms with Crippen molar-refractivity contribution >= 4 is 29.3 Å². The Hall–Kier alpha value is -2.38. The lowest BCUT2D eigenvalue weighted by atomic mass is 9.91. The average Bonchev–Trinajstić information content (AvgIpc) is 2.70. The van der Waals surface area contributed by atoms with Gasteiger partial charge in [-0.25, -0.2) is 4.98 Å². The topological polar surface area (TPSA) is 90.4 Å². The Kier molecular flexibility index (Phi) is 6.92. The first kappa shape index (κ1) is 21.3. The molecule has 1 aliphatic rings. The van der Waals surface area contributed by atoms with Gasteiger partial charge >= 0.3 is 0 Å². The van der Waals surface area contributed by atoms with Crippen molar-refractivity contribution in [2.45, 2.75) is 50.8 Å². The number of hydrogen-bond donors (Lipinski definition) is 3. The molecule has 156 valence electrons. The first-order chi connectivity index (χ1) is 13.8. The summed E-state index contributed by atoms with van der Waals surface area (Å²) < 4.78 is 0. The molecule has 0 spiro atoms. The van der Waals surface area contributed by atoms with Crippen molar-refractivity contribution in [3.05, 3.63) is 46.6 Å². The lowest BCUT2D eigenvalue weighted by Crippen LogP contribution is -2.42. The summed E-state index contributed by atoms with van der Waals surface area (Å²) in [6, 6.07) is 7.05. The van der Waals surface area contributed by atoms with E-state index in [1.165, 1.54) is 0 Å².